The summed E-state index contributed by atoms with van der Waals surface area (Å²) in [5, 5.41) is 12.1. The fraction of sp³-hybridized carbons (Fsp3) is 0.217. The molecule has 1 amide bonds. The summed E-state index contributed by atoms with van der Waals surface area (Å²) >= 11 is 0. The Balaban J connectivity index is 1.55. The van der Waals surface area contributed by atoms with Crippen LogP contribution in [0.15, 0.2) is 54.7 Å². The molecule has 30 heavy (non-hydrogen) atoms. The number of hydrogen-bond donors (Lipinski definition) is 1. The molecule has 150 valence electrons. The van der Waals surface area contributed by atoms with Crippen molar-refractivity contribution in [3.63, 3.8) is 0 Å². The summed E-state index contributed by atoms with van der Waals surface area (Å²) in [5.41, 5.74) is 3.62. The van der Waals surface area contributed by atoms with Crippen LogP contribution in [0.4, 0.5) is 15.9 Å². The van der Waals surface area contributed by atoms with Crippen LogP contribution in [0.2, 0.25) is 0 Å². The van der Waals surface area contributed by atoms with Crippen LogP contribution in [0.1, 0.15) is 46.7 Å². The molecule has 7 heteroatoms. The number of halogens is 1. The number of pyridine rings is 2. The Morgan fingerprint density at radius 3 is 2.80 bits per heavy atom. The Morgan fingerprint density at radius 1 is 1.23 bits per heavy atom. The minimum Gasteiger partial charge on any atom is -0.344 e. The van der Waals surface area contributed by atoms with Gasteiger partial charge in [-0.05, 0) is 68.3 Å². The van der Waals surface area contributed by atoms with Crippen molar-refractivity contribution in [3.8, 4) is 6.07 Å². The Bertz CT molecular complexity index is 1120. The first-order valence-electron chi connectivity index (χ1n) is 9.75. The largest absolute Gasteiger partial charge is 0.344 e. The van der Waals surface area contributed by atoms with E-state index in [1.54, 1.807) is 18.3 Å². The van der Waals surface area contributed by atoms with Gasteiger partial charge in [0.2, 0.25) is 0 Å². The van der Waals surface area contributed by atoms with Gasteiger partial charge in [0, 0.05) is 18.3 Å². The Kier molecular flexibility index (Phi) is 5.40. The number of nitriles is 1. The van der Waals surface area contributed by atoms with Crippen molar-refractivity contribution in [2.24, 2.45) is 0 Å². The zero-order valence-electron chi connectivity index (χ0n) is 16.5. The number of aromatic nitrogens is 2. The first-order valence-corrected chi connectivity index (χ1v) is 9.75. The fourth-order valence-electron chi connectivity index (χ4n) is 3.54. The Hall–Kier alpha value is -3.79. The van der Waals surface area contributed by atoms with E-state index in [9.17, 15) is 9.18 Å². The number of aryl methyl sites for hydroxylation is 1. The summed E-state index contributed by atoms with van der Waals surface area (Å²) in [6.45, 7) is 2.67. The minimum absolute atomic E-state index is 0.277. The predicted molar refractivity (Wildman–Crippen MR) is 111 cm³/mol. The van der Waals surface area contributed by atoms with Gasteiger partial charge < -0.3 is 10.2 Å². The summed E-state index contributed by atoms with van der Waals surface area (Å²) in [6, 6.07) is 14.6. The molecule has 1 N–H and O–H groups in total. The lowest BCUT2D eigenvalue weighted by molar-refractivity contribution is 0.0939. The second-order valence-corrected chi connectivity index (χ2v) is 7.17. The van der Waals surface area contributed by atoms with Gasteiger partial charge in [0.05, 0.1) is 34.7 Å². The summed E-state index contributed by atoms with van der Waals surface area (Å²) in [7, 11) is 0. The number of nitrogens with zero attached hydrogens (tertiary/aromatic N) is 4. The maximum Gasteiger partial charge on any atom is 0.251 e. The molecule has 0 aliphatic carbocycles. The molecule has 3 heterocycles. The molecule has 4 rings (SSSR count). The highest BCUT2D eigenvalue weighted by Crippen LogP contribution is 2.32. The van der Waals surface area contributed by atoms with Crippen molar-refractivity contribution in [3.05, 3.63) is 83.1 Å². The molecular formula is C23H20FN5O. The van der Waals surface area contributed by atoms with Gasteiger partial charge in [-0.15, -0.1) is 0 Å². The second-order valence-electron chi connectivity index (χ2n) is 7.17. The summed E-state index contributed by atoms with van der Waals surface area (Å²) in [6.07, 6.45) is 3.38. The molecule has 1 unspecified atom stereocenters. The number of fused-ring (bicyclic) bond motifs is 1. The van der Waals surface area contributed by atoms with Crippen molar-refractivity contribution >= 4 is 17.4 Å². The predicted octanol–water partition coefficient (Wildman–Crippen LogP) is 4.06. The Labute approximate surface area is 174 Å². The molecule has 0 radical (unpaired) electrons. The highest BCUT2D eigenvalue weighted by molar-refractivity contribution is 5.94. The van der Waals surface area contributed by atoms with Crippen LogP contribution in [0.3, 0.4) is 0 Å². The molecular weight excluding hydrogens is 381 g/mol. The highest BCUT2D eigenvalue weighted by atomic mass is 19.1. The van der Waals surface area contributed by atoms with Gasteiger partial charge in [-0.3, -0.25) is 9.78 Å². The van der Waals surface area contributed by atoms with Crippen LogP contribution in [-0.4, -0.2) is 22.4 Å². The summed E-state index contributed by atoms with van der Waals surface area (Å²) in [5.74, 6) is 0.0682. The van der Waals surface area contributed by atoms with Gasteiger partial charge in [0.1, 0.15) is 11.6 Å². The lowest BCUT2D eigenvalue weighted by atomic mass is 10.0. The molecule has 0 spiro atoms. The second kappa shape index (κ2) is 8.29. The van der Waals surface area contributed by atoms with Gasteiger partial charge in [0.15, 0.2) is 0 Å². The van der Waals surface area contributed by atoms with Crippen molar-refractivity contribution in [2.45, 2.75) is 25.8 Å². The third-order valence-corrected chi connectivity index (χ3v) is 5.11. The van der Waals surface area contributed by atoms with Gasteiger partial charge >= 0.3 is 0 Å². The topological polar surface area (TPSA) is 81.9 Å². The Morgan fingerprint density at radius 2 is 2.03 bits per heavy atom. The van der Waals surface area contributed by atoms with E-state index in [2.05, 4.69) is 21.3 Å². The van der Waals surface area contributed by atoms with Crippen LogP contribution in [0.5, 0.6) is 0 Å². The molecule has 1 atom stereocenters. The zero-order valence-corrected chi connectivity index (χ0v) is 16.5. The molecule has 1 aliphatic heterocycles. The number of rotatable bonds is 4. The average molecular weight is 401 g/mol. The molecule has 1 aliphatic rings. The standard InChI is InChI=1S/C23H20FN5O/c1-15(27-23(30)17-4-6-18(24)7-5-17)19-8-9-21-20(28-19)3-2-12-29(21)22-13-16(14-25)10-11-26-22/h4-11,13,15H,2-3,12H2,1H3,(H,27,30). The van der Waals surface area contributed by atoms with Crippen LogP contribution in [-0.2, 0) is 6.42 Å². The number of anilines is 2. The van der Waals surface area contributed by atoms with Gasteiger partial charge in [-0.1, -0.05) is 0 Å². The summed E-state index contributed by atoms with van der Waals surface area (Å²) in [4.78, 5) is 23.7. The fourth-order valence-corrected chi connectivity index (χ4v) is 3.54. The van der Waals surface area contributed by atoms with E-state index < -0.39 is 0 Å². The number of carbonyl (C=O) groups excluding carboxylic acids is 1. The van der Waals surface area contributed by atoms with Crippen LogP contribution < -0.4 is 10.2 Å². The van der Waals surface area contributed by atoms with Gasteiger partial charge in [-0.25, -0.2) is 9.37 Å². The third kappa shape index (κ3) is 3.98. The monoisotopic (exact) mass is 401 g/mol. The molecule has 0 saturated carbocycles. The number of amides is 1. The number of benzene rings is 1. The van der Waals surface area contributed by atoms with E-state index in [4.69, 9.17) is 10.2 Å². The van der Waals surface area contributed by atoms with Crippen LogP contribution >= 0.6 is 0 Å². The summed E-state index contributed by atoms with van der Waals surface area (Å²) < 4.78 is 13.1. The van der Waals surface area contributed by atoms with E-state index in [-0.39, 0.29) is 17.8 Å². The normalized spacial score (nSPS) is 13.8. The van der Waals surface area contributed by atoms with Gasteiger partial charge in [0.25, 0.3) is 5.91 Å². The number of nitrogens with one attached hydrogen (secondary N) is 1. The maximum atomic E-state index is 13.1. The molecule has 0 bridgehead atoms. The average Bonchev–Trinajstić information content (AvgIpc) is 2.78. The first-order chi connectivity index (χ1) is 14.5. The molecule has 1 aromatic carbocycles. The van der Waals surface area contributed by atoms with E-state index in [0.29, 0.717) is 11.1 Å². The molecule has 3 aromatic rings. The van der Waals surface area contributed by atoms with Crippen molar-refractivity contribution < 1.29 is 9.18 Å². The number of carbonyl (C=O) groups is 1. The molecule has 2 aromatic heterocycles. The SMILES string of the molecule is CC(NC(=O)c1ccc(F)cc1)c1ccc2c(n1)CCCN2c1cc(C#N)ccn1. The maximum absolute atomic E-state index is 13.1. The number of hydrogen-bond acceptors (Lipinski definition) is 5. The van der Waals surface area contributed by atoms with Gasteiger partial charge in [-0.2, -0.15) is 5.26 Å². The van der Waals surface area contributed by atoms with E-state index in [1.165, 1.54) is 24.3 Å². The first kappa shape index (κ1) is 19.5. The zero-order chi connectivity index (χ0) is 21.1. The van der Waals surface area contributed by atoms with Crippen molar-refractivity contribution in [2.75, 3.05) is 11.4 Å². The van der Waals surface area contributed by atoms with Crippen LogP contribution in [0.25, 0.3) is 0 Å². The van der Waals surface area contributed by atoms with E-state index >= 15 is 0 Å². The third-order valence-electron chi connectivity index (χ3n) is 5.11. The van der Waals surface area contributed by atoms with Crippen LogP contribution in [0, 0.1) is 17.1 Å². The van der Waals surface area contributed by atoms with Crippen molar-refractivity contribution in [1.82, 2.24) is 15.3 Å². The van der Waals surface area contributed by atoms with E-state index in [0.717, 1.165) is 42.3 Å². The smallest absolute Gasteiger partial charge is 0.251 e. The quantitative estimate of drug-likeness (QED) is 0.713. The lowest BCUT2D eigenvalue weighted by Crippen LogP contribution is -2.29. The van der Waals surface area contributed by atoms with E-state index in [1.807, 2.05) is 19.1 Å². The van der Waals surface area contributed by atoms with Crippen molar-refractivity contribution in [1.29, 1.82) is 5.26 Å². The lowest BCUT2D eigenvalue weighted by Gasteiger charge is -2.30. The molecule has 6 nitrogen and oxygen atoms in total. The molecule has 0 fully saturated rings. The molecule has 0 saturated heterocycles. The highest BCUT2D eigenvalue weighted by Gasteiger charge is 2.22. The minimum atomic E-state index is -0.379.